The van der Waals surface area contributed by atoms with Crippen LogP contribution in [0.15, 0.2) is 48.5 Å². The molecular weight excluding hydrogens is 372 g/mol. The van der Waals surface area contributed by atoms with Crippen LogP contribution in [0.1, 0.15) is 17.3 Å². The van der Waals surface area contributed by atoms with Crippen LogP contribution in [0.25, 0.3) is 0 Å². The van der Waals surface area contributed by atoms with E-state index in [1.165, 1.54) is 0 Å². The fourth-order valence-electron chi connectivity index (χ4n) is 3.22. The number of para-hydroxylation sites is 1. The predicted molar refractivity (Wildman–Crippen MR) is 110 cm³/mol. The molecule has 0 saturated carbocycles. The van der Waals surface area contributed by atoms with E-state index in [0.717, 1.165) is 24.5 Å². The van der Waals surface area contributed by atoms with Gasteiger partial charge in [-0.2, -0.15) is 0 Å². The molecular formula is C22H26N2O5. The third-order valence-electron chi connectivity index (χ3n) is 4.80. The van der Waals surface area contributed by atoms with Gasteiger partial charge in [0.2, 0.25) is 0 Å². The number of carbonyl (C=O) groups is 2. The monoisotopic (exact) mass is 398 g/mol. The largest absolute Gasteiger partial charge is 0.497 e. The first kappa shape index (κ1) is 20.5. The summed E-state index contributed by atoms with van der Waals surface area (Å²) in [6, 6.07) is 14.7. The highest BCUT2D eigenvalue weighted by Gasteiger charge is 2.23. The van der Waals surface area contributed by atoms with Gasteiger partial charge >= 0.3 is 5.97 Å². The van der Waals surface area contributed by atoms with Crippen molar-refractivity contribution in [1.29, 1.82) is 0 Å². The van der Waals surface area contributed by atoms with Crippen molar-refractivity contribution in [3.05, 3.63) is 54.1 Å². The van der Waals surface area contributed by atoms with Crippen molar-refractivity contribution in [1.82, 2.24) is 4.90 Å². The topological polar surface area (TPSA) is 68.3 Å². The molecule has 2 aromatic rings. The summed E-state index contributed by atoms with van der Waals surface area (Å²) in [5.74, 6) is 0.525. The molecule has 7 nitrogen and oxygen atoms in total. The van der Waals surface area contributed by atoms with Gasteiger partial charge in [0.25, 0.3) is 5.91 Å². The number of esters is 1. The Hall–Kier alpha value is -3.22. The van der Waals surface area contributed by atoms with Gasteiger partial charge in [-0.15, -0.1) is 0 Å². The predicted octanol–water partition coefficient (Wildman–Crippen LogP) is 2.60. The van der Waals surface area contributed by atoms with Crippen molar-refractivity contribution < 1.29 is 23.8 Å². The molecule has 0 N–H and O–H groups in total. The Morgan fingerprint density at radius 2 is 1.66 bits per heavy atom. The quantitative estimate of drug-likeness (QED) is 0.668. The lowest BCUT2D eigenvalue weighted by Gasteiger charge is -2.36. The molecule has 29 heavy (non-hydrogen) atoms. The smallest absolute Gasteiger partial charge is 0.342 e. The van der Waals surface area contributed by atoms with Crippen molar-refractivity contribution >= 4 is 17.6 Å². The highest BCUT2D eigenvalue weighted by molar-refractivity contribution is 5.94. The third kappa shape index (κ3) is 5.19. The first-order valence-corrected chi connectivity index (χ1v) is 9.68. The average Bonchev–Trinajstić information content (AvgIpc) is 2.78. The molecule has 0 spiro atoms. The zero-order chi connectivity index (χ0) is 20.6. The molecule has 154 valence electrons. The summed E-state index contributed by atoms with van der Waals surface area (Å²) in [5.41, 5.74) is 1.42. The normalized spacial score (nSPS) is 13.7. The summed E-state index contributed by atoms with van der Waals surface area (Å²) in [4.78, 5) is 28.7. The van der Waals surface area contributed by atoms with Crippen LogP contribution < -0.4 is 14.4 Å². The van der Waals surface area contributed by atoms with E-state index in [2.05, 4.69) is 4.90 Å². The molecule has 1 aliphatic heterocycles. The summed E-state index contributed by atoms with van der Waals surface area (Å²) in [5, 5.41) is 0. The molecule has 0 aliphatic carbocycles. The maximum Gasteiger partial charge on any atom is 0.342 e. The first-order chi connectivity index (χ1) is 14.1. The zero-order valence-electron chi connectivity index (χ0n) is 16.8. The van der Waals surface area contributed by atoms with Crippen molar-refractivity contribution in [2.45, 2.75) is 6.92 Å². The maximum absolute atomic E-state index is 12.5. The maximum atomic E-state index is 12.5. The van der Waals surface area contributed by atoms with Crippen molar-refractivity contribution in [2.24, 2.45) is 0 Å². The molecule has 0 atom stereocenters. The number of methoxy groups -OCH3 is 1. The zero-order valence-corrected chi connectivity index (χ0v) is 16.8. The van der Waals surface area contributed by atoms with Gasteiger partial charge in [0, 0.05) is 31.9 Å². The van der Waals surface area contributed by atoms with E-state index in [-0.39, 0.29) is 12.5 Å². The number of benzene rings is 2. The SMILES string of the molecule is CCOc1ccccc1C(=O)OCC(=O)N1CCN(c2ccc(OC)cc2)CC1. The summed E-state index contributed by atoms with van der Waals surface area (Å²) in [6.45, 7) is 4.62. The highest BCUT2D eigenvalue weighted by Crippen LogP contribution is 2.21. The fraction of sp³-hybridized carbons (Fsp3) is 0.364. The lowest BCUT2D eigenvalue weighted by molar-refractivity contribution is -0.134. The second-order valence-corrected chi connectivity index (χ2v) is 6.57. The Morgan fingerprint density at radius 1 is 0.966 bits per heavy atom. The molecule has 1 saturated heterocycles. The fourth-order valence-corrected chi connectivity index (χ4v) is 3.22. The Balaban J connectivity index is 1.49. The van der Waals surface area contributed by atoms with Gasteiger partial charge < -0.3 is 24.0 Å². The van der Waals surface area contributed by atoms with Gasteiger partial charge in [-0.3, -0.25) is 4.79 Å². The van der Waals surface area contributed by atoms with Gasteiger partial charge in [-0.25, -0.2) is 4.79 Å². The minimum atomic E-state index is -0.556. The molecule has 7 heteroatoms. The third-order valence-corrected chi connectivity index (χ3v) is 4.80. The minimum absolute atomic E-state index is 0.193. The van der Waals surface area contributed by atoms with E-state index >= 15 is 0 Å². The van der Waals surface area contributed by atoms with Crippen LogP contribution in [-0.4, -0.2) is 63.3 Å². The molecule has 1 aliphatic rings. The molecule has 0 aromatic heterocycles. The number of amides is 1. The number of carbonyl (C=O) groups excluding carboxylic acids is 2. The van der Waals surface area contributed by atoms with Crippen molar-refractivity contribution in [3.63, 3.8) is 0 Å². The second-order valence-electron chi connectivity index (χ2n) is 6.57. The highest BCUT2D eigenvalue weighted by atomic mass is 16.5. The Morgan fingerprint density at radius 3 is 2.31 bits per heavy atom. The summed E-state index contributed by atoms with van der Waals surface area (Å²) in [7, 11) is 1.64. The van der Waals surface area contributed by atoms with Gasteiger partial charge in [0.15, 0.2) is 6.61 Å². The number of nitrogens with zero attached hydrogens (tertiary/aromatic N) is 2. The van der Waals surface area contributed by atoms with E-state index in [1.807, 2.05) is 31.2 Å². The van der Waals surface area contributed by atoms with Crippen LogP contribution in [-0.2, 0) is 9.53 Å². The van der Waals surface area contributed by atoms with E-state index < -0.39 is 5.97 Å². The average molecular weight is 398 g/mol. The van der Waals surface area contributed by atoms with Gasteiger partial charge in [0.05, 0.1) is 13.7 Å². The number of rotatable bonds is 7. The molecule has 1 heterocycles. The summed E-state index contributed by atoms with van der Waals surface area (Å²) >= 11 is 0. The molecule has 0 bridgehead atoms. The molecule has 1 fully saturated rings. The van der Waals surface area contributed by atoms with Crippen LogP contribution in [0.3, 0.4) is 0 Å². The van der Waals surface area contributed by atoms with Crippen molar-refractivity contribution in [3.8, 4) is 11.5 Å². The number of ether oxygens (including phenoxy) is 3. The van der Waals surface area contributed by atoms with Crippen LogP contribution in [0.5, 0.6) is 11.5 Å². The minimum Gasteiger partial charge on any atom is -0.497 e. The summed E-state index contributed by atoms with van der Waals surface area (Å²) in [6.07, 6.45) is 0. The van der Waals surface area contributed by atoms with E-state index in [9.17, 15) is 9.59 Å². The number of piperazine rings is 1. The van der Waals surface area contributed by atoms with Crippen LogP contribution in [0, 0.1) is 0 Å². The van der Waals surface area contributed by atoms with E-state index in [1.54, 1.807) is 36.3 Å². The van der Waals surface area contributed by atoms with E-state index in [0.29, 0.717) is 31.0 Å². The van der Waals surface area contributed by atoms with Gasteiger partial charge in [-0.1, -0.05) is 12.1 Å². The molecule has 3 rings (SSSR count). The molecule has 0 radical (unpaired) electrons. The van der Waals surface area contributed by atoms with Crippen LogP contribution in [0.4, 0.5) is 5.69 Å². The first-order valence-electron chi connectivity index (χ1n) is 9.68. The van der Waals surface area contributed by atoms with Crippen LogP contribution >= 0.6 is 0 Å². The molecule has 0 unspecified atom stereocenters. The number of anilines is 1. The number of hydrogen-bond acceptors (Lipinski definition) is 6. The Bertz CT molecular complexity index is 829. The molecule has 1 amide bonds. The lowest BCUT2D eigenvalue weighted by atomic mass is 10.2. The van der Waals surface area contributed by atoms with E-state index in [4.69, 9.17) is 14.2 Å². The Labute approximate surface area is 170 Å². The Kier molecular flexibility index (Phi) is 6.94. The summed E-state index contributed by atoms with van der Waals surface area (Å²) < 4.78 is 15.9. The second kappa shape index (κ2) is 9.82. The molecule has 2 aromatic carbocycles. The standard InChI is InChI=1S/C22H26N2O5/c1-3-28-20-7-5-4-6-19(20)22(26)29-16-21(25)24-14-12-23(13-15-24)17-8-10-18(27-2)11-9-17/h4-11H,3,12-16H2,1-2H3. The van der Waals surface area contributed by atoms with Gasteiger partial charge in [0.1, 0.15) is 17.1 Å². The van der Waals surface area contributed by atoms with Crippen molar-refractivity contribution in [2.75, 3.05) is 51.4 Å². The lowest BCUT2D eigenvalue weighted by Crippen LogP contribution is -2.49. The number of hydrogen-bond donors (Lipinski definition) is 0. The van der Waals surface area contributed by atoms with Gasteiger partial charge in [-0.05, 0) is 43.3 Å². The van der Waals surface area contributed by atoms with Crippen LogP contribution in [0.2, 0.25) is 0 Å².